The van der Waals surface area contributed by atoms with Gasteiger partial charge in [-0.3, -0.25) is 0 Å². The number of para-hydroxylation sites is 4. The third-order valence-electron chi connectivity index (χ3n) is 11.8. The Morgan fingerprint density at radius 1 is 0.193 bits per heavy atom. The molecule has 266 valence electrons. The second kappa shape index (κ2) is 12.5. The molecule has 3 nitrogen and oxygen atoms in total. The van der Waals surface area contributed by atoms with E-state index < -0.39 is 0 Å². The van der Waals surface area contributed by atoms with E-state index in [9.17, 15) is 0 Å². The molecule has 0 atom stereocenters. The molecule has 0 fully saturated rings. The molecular formula is C54H35N3. The molecule has 0 aliphatic carbocycles. The summed E-state index contributed by atoms with van der Waals surface area (Å²) < 4.78 is 7.32. The molecule has 0 aliphatic rings. The lowest BCUT2D eigenvalue weighted by molar-refractivity contribution is 1.16. The van der Waals surface area contributed by atoms with Crippen LogP contribution in [0.3, 0.4) is 0 Å². The Bertz CT molecular complexity index is 3170. The molecule has 0 N–H and O–H groups in total. The van der Waals surface area contributed by atoms with E-state index in [1.807, 2.05) is 0 Å². The van der Waals surface area contributed by atoms with Crippen LogP contribution in [0.4, 0.5) is 0 Å². The maximum atomic E-state index is 2.47. The molecule has 0 saturated heterocycles. The summed E-state index contributed by atoms with van der Waals surface area (Å²) in [6.45, 7) is 0. The van der Waals surface area contributed by atoms with Crippen LogP contribution in [-0.4, -0.2) is 13.7 Å². The average Bonchev–Trinajstić information content (AvgIpc) is 3.92. The topological polar surface area (TPSA) is 14.8 Å². The summed E-state index contributed by atoms with van der Waals surface area (Å²) in [5.41, 5.74) is 15.3. The summed E-state index contributed by atoms with van der Waals surface area (Å²) in [5, 5.41) is 7.45. The van der Waals surface area contributed by atoms with Gasteiger partial charge in [-0.15, -0.1) is 0 Å². The molecule has 3 heterocycles. The van der Waals surface area contributed by atoms with Gasteiger partial charge in [-0.2, -0.15) is 0 Å². The lowest BCUT2D eigenvalue weighted by atomic mass is 9.98. The van der Waals surface area contributed by atoms with Gasteiger partial charge in [0.05, 0.1) is 33.1 Å². The normalized spacial score (nSPS) is 11.9. The Hall–Kier alpha value is -7.62. The molecular weight excluding hydrogens is 691 g/mol. The van der Waals surface area contributed by atoms with Gasteiger partial charge in [0, 0.05) is 49.4 Å². The highest BCUT2D eigenvalue weighted by Gasteiger charge is 2.20. The first-order valence-corrected chi connectivity index (χ1v) is 19.6. The fourth-order valence-electron chi connectivity index (χ4n) is 9.29. The fourth-order valence-corrected chi connectivity index (χ4v) is 9.29. The van der Waals surface area contributed by atoms with Crippen LogP contribution in [-0.2, 0) is 0 Å². The van der Waals surface area contributed by atoms with E-state index in [4.69, 9.17) is 0 Å². The van der Waals surface area contributed by atoms with Crippen molar-refractivity contribution in [1.29, 1.82) is 0 Å². The third-order valence-corrected chi connectivity index (χ3v) is 11.8. The Kier molecular flexibility index (Phi) is 6.93. The molecule has 0 aliphatic heterocycles. The van der Waals surface area contributed by atoms with E-state index in [0.29, 0.717) is 0 Å². The fraction of sp³-hybridized carbons (Fsp3) is 0. The standard InChI is InChI=1S/C54H35N3/c1-3-15-36(16-4-1)38-31-39(37-17-5-2-6-18-37)33-42(32-38)57-53-29-27-40(55-49-23-11-7-19-43(49)44-20-8-12-24-50(44)55)34-47(53)48-35-41(28-30-54(48)57)56-51-25-13-9-21-45(51)46-22-10-14-26-52(46)56/h1-35H. The van der Waals surface area contributed by atoms with Crippen molar-refractivity contribution in [3.8, 4) is 39.3 Å². The molecule has 0 amide bonds. The van der Waals surface area contributed by atoms with Gasteiger partial charge in [0.15, 0.2) is 0 Å². The zero-order chi connectivity index (χ0) is 37.5. The first-order chi connectivity index (χ1) is 28.3. The van der Waals surface area contributed by atoms with Crippen molar-refractivity contribution in [2.24, 2.45) is 0 Å². The summed E-state index contributed by atoms with van der Waals surface area (Å²) in [5.74, 6) is 0. The van der Waals surface area contributed by atoms with Gasteiger partial charge >= 0.3 is 0 Å². The highest BCUT2D eigenvalue weighted by Crippen LogP contribution is 2.41. The highest BCUT2D eigenvalue weighted by atomic mass is 15.0. The van der Waals surface area contributed by atoms with E-state index in [1.165, 1.54) is 76.6 Å². The zero-order valence-corrected chi connectivity index (χ0v) is 31.0. The number of fused-ring (bicyclic) bond motifs is 9. The molecule has 3 aromatic heterocycles. The van der Waals surface area contributed by atoms with Crippen molar-refractivity contribution in [2.75, 3.05) is 0 Å². The van der Waals surface area contributed by atoms with Crippen LogP contribution >= 0.6 is 0 Å². The van der Waals surface area contributed by atoms with Gasteiger partial charge in [0.2, 0.25) is 0 Å². The average molecular weight is 726 g/mol. The van der Waals surface area contributed by atoms with Crippen molar-refractivity contribution in [1.82, 2.24) is 13.7 Å². The minimum Gasteiger partial charge on any atom is -0.309 e. The molecule has 9 aromatic carbocycles. The largest absolute Gasteiger partial charge is 0.309 e. The predicted octanol–water partition coefficient (Wildman–Crippen LogP) is 14.3. The number of hydrogen-bond acceptors (Lipinski definition) is 0. The van der Waals surface area contributed by atoms with Crippen LogP contribution in [0, 0.1) is 0 Å². The van der Waals surface area contributed by atoms with Gasteiger partial charge in [-0.1, -0.05) is 133 Å². The summed E-state index contributed by atoms with van der Waals surface area (Å²) in [6, 6.07) is 77.6. The van der Waals surface area contributed by atoms with Gasteiger partial charge in [0.1, 0.15) is 0 Å². The maximum Gasteiger partial charge on any atom is 0.0542 e. The van der Waals surface area contributed by atoms with E-state index >= 15 is 0 Å². The van der Waals surface area contributed by atoms with Crippen molar-refractivity contribution in [2.45, 2.75) is 0 Å². The number of nitrogens with zero attached hydrogens (tertiary/aromatic N) is 3. The number of rotatable bonds is 5. The lowest BCUT2D eigenvalue weighted by Crippen LogP contribution is -1.97. The molecule has 12 aromatic rings. The smallest absolute Gasteiger partial charge is 0.0542 e. The monoisotopic (exact) mass is 725 g/mol. The van der Waals surface area contributed by atoms with Gasteiger partial charge in [0.25, 0.3) is 0 Å². The Morgan fingerprint density at radius 2 is 0.509 bits per heavy atom. The van der Waals surface area contributed by atoms with Crippen LogP contribution in [0.2, 0.25) is 0 Å². The van der Waals surface area contributed by atoms with E-state index in [-0.39, 0.29) is 0 Å². The summed E-state index contributed by atoms with van der Waals surface area (Å²) >= 11 is 0. The van der Waals surface area contributed by atoms with Gasteiger partial charge in [-0.25, -0.2) is 0 Å². The Labute approximate surface area is 329 Å². The van der Waals surface area contributed by atoms with Crippen LogP contribution in [0.25, 0.3) is 105 Å². The summed E-state index contributed by atoms with van der Waals surface area (Å²) in [6.07, 6.45) is 0. The Morgan fingerprint density at radius 3 is 0.895 bits per heavy atom. The van der Waals surface area contributed by atoms with E-state index in [1.54, 1.807) is 0 Å². The molecule has 0 spiro atoms. The first-order valence-electron chi connectivity index (χ1n) is 19.6. The van der Waals surface area contributed by atoms with Crippen LogP contribution < -0.4 is 0 Å². The minimum atomic E-state index is 1.13. The SMILES string of the molecule is c1ccc(-c2cc(-c3ccccc3)cc(-n3c4ccc(-n5c6ccccc6c6ccccc65)cc4c4cc(-n5c6ccccc6c6ccccc65)ccc43)c2)cc1. The molecule has 0 saturated carbocycles. The van der Waals surface area contributed by atoms with Gasteiger partial charge < -0.3 is 13.7 Å². The second-order valence-electron chi connectivity index (χ2n) is 15.0. The van der Waals surface area contributed by atoms with Gasteiger partial charge in [-0.05, 0) is 101 Å². The second-order valence-corrected chi connectivity index (χ2v) is 15.0. The van der Waals surface area contributed by atoms with Crippen LogP contribution in [0.5, 0.6) is 0 Å². The molecule has 0 bridgehead atoms. The van der Waals surface area contributed by atoms with Crippen molar-refractivity contribution in [3.05, 3.63) is 212 Å². The van der Waals surface area contributed by atoms with Crippen molar-refractivity contribution in [3.63, 3.8) is 0 Å². The zero-order valence-electron chi connectivity index (χ0n) is 31.0. The van der Waals surface area contributed by atoms with Crippen molar-refractivity contribution >= 4 is 65.4 Å². The Balaban J connectivity index is 1.18. The molecule has 57 heavy (non-hydrogen) atoms. The minimum absolute atomic E-state index is 1.13. The molecule has 0 radical (unpaired) electrons. The number of aromatic nitrogens is 3. The van der Waals surface area contributed by atoms with E-state index in [2.05, 4.69) is 226 Å². The van der Waals surface area contributed by atoms with Crippen LogP contribution in [0.1, 0.15) is 0 Å². The number of benzene rings is 9. The molecule has 0 unspecified atom stereocenters. The van der Waals surface area contributed by atoms with Crippen LogP contribution in [0.15, 0.2) is 212 Å². The predicted molar refractivity (Wildman–Crippen MR) is 240 cm³/mol. The van der Waals surface area contributed by atoms with Crippen molar-refractivity contribution < 1.29 is 0 Å². The van der Waals surface area contributed by atoms with E-state index in [0.717, 1.165) is 28.1 Å². The first kappa shape index (κ1) is 31.7. The summed E-state index contributed by atoms with van der Waals surface area (Å²) in [7, 11) is 0. The highest BCUT2D eigenvalue weighted by molar-refractivity contribution is 6.14. The maximum absolute atomic E-state index is 2.47. The molecule has 3 heteroatoms. The quantitative estimate of drug-likeness (QED) is 0.168. The third kappa shape index (κ3) is 4.86. The lowest BCUT2D eigenvalue weighted by Gasteiger charge is -2.15. The number of hydrogen-bond donors (Lipinski definition) is 0. The summed E-state index contributed by atoms with van der Waals surface area (Å²) in [4.78, 5) is 0. The molecule has 12 rings (SSSR count).